The van der Waals surface area contributed by atoms with E-state index in [1.807, 2.05) is 35.6 Å². The molecular weight excluding hydrogens is 380 g/mol. The molecule has 0 saturated carbocycles. The van der Waals surface area contributed by atoms with Crippen molar-refractivity contribution in [2.75, 3.05) is 19.3 Å². The van der Waals surface area contributed by atoms with Crippen LogP contribution >= 0.6 is 21.9 Å². The molecule has 3 heterocycles. The Kier molecular flexibility index (Phi) is 4.78. The summed E-state index contributed by atoms with van der Waals surface area (Å²) in [4.78, 5) is 19.4. The Morgan fingerprint density at radius 1 is 1.26 bits per heavy atom. The smallest absolute Gasteiger partial charge is 0.219 e. The third-order valence-corrected chi connectivity index (χ3v) is 7.87. The zero-order chi connectivity index (χ0) is 19.2. The number of rotatable bonds is 0. The van der Waals surface area contributed by atoms with Gasteiger partial charge < -0.3 is 9.45 Å². The number of likely N-dealkylation sites (tertiary alicyclic amines) is 1. The summed E-state index contributed by atoms with van der Waals surface area (Å²) in [6, 6.07) is 9.99. The fraction of sp³-hybridized carbons (Fsp3) is 0.333. The SMILES string of the molecule is CC(=O)N1CCC(=C2c3ccc(Cl)cc3S(C)([OH2+])Cc3cccnc32)CC1. The number of aromatic nitrogens is 1. The number of carbonyl (C=O) groups excluding carboxylic acids is 1. The molecule has 0 radical (unpaired) electrons. The van der Waals surface area contributed by atoms with Crippen molar-refractivity contribution in [2.24, 2.45) is 0 Å². The van der Waals surface area contributed by atoms with Gasteiger partial charge in [-0.15, -0.1) is 0 Å². The van der Waals surface area contributed by atoms with E-state index in [9.17, 15) is 4.79 Å². The summed E-state index contributed by atoms with van der Waals surface area (Å²) in [5.41, 5.74) is 5.71. The van der Waals surface area contributed by atoms with Crippen LogP contribution in [0.3, 0.4) is 0 Å². The minimum Gasteiger partial charge on any atom is -0.391 e. The number of carbonyl (C=O) groups is 1. The monoisotopic (exact) mass is 403 g/mol. The molecule has 1 unspecified atom stereocenters. The maximum absolute atomic E-state index is 11.7. The fourth-order valence-electron chi connectivity index (χ4n) is 4.07. The number of benzene rings is 1. The van der Waals surface area contributed by atoms with Gasteiger partial charge in [-0.1, -0.05) is 29.3 Å². The Bertz CT molecular complexity index is 945. The van der Waals surface area contributed by atoms with Gasteiger partial charge in [0.15, 0.2) is 0 Å². The zero-order valence-corrected chi connectivity index (χ0v) is 17.2. The number of nitrogens with zero attached hydrogens (tertiary/aromatic N) is 2. The van der Waals surface area contributed by atoms with E-state index in [0.717, 1.165) is 53.2 Å². The van der Waals surface area contributed by atoms with Crippen molar-refractivity contribution in [1.82, 2.24) is 9.88 Å². The van der Waals surface area contributed by atoms with Crippen molar-refractivity contribution in [3.8, 4) is 0 Å². The predicted octanol–water partition coefficient (Wildman–Crippen LogP) is 4.13. The highest BCUT2D eigenvalue weighted by molar-refractivity contribution is 8.28. The first kappa shape index (κ1) is 18.5. The number of hydrogen-bond donors (Lipinski definition) is 0. The van der Waals surface area contributed by atoms with Crippen LogP contribution in [0.2, 0.25) is 5.02 Å². The zero-order valence-electron chi connectivity index (χ0n) is 15.6. The van der Waals surface area contributed by atoms with Gasteiger partial charge in [-0.3, -0.25) is 9.78 Å². The van der Waals surface area contributed by atoms with Crippen molar-refractivity contribution < 1.29 is 9.35 Å². The summed E-state index contributed by atoms with van der Waals surface area (Å²) in [6.07, 6.45) is 5.56. The molecule has 142 valence electrons. The molecule has 0 spiro atoms. The molecule has 1 atom stereocenters. The summed E-state index contributed by atoms with van der Waals surface area (Å²) < 4.78 is 9.09. The number of pyridine rings is 1. The Hall–Kier alpha value is -1.82. The van der Waals surface area contributed by atoms with E-state index in [2.05, 4.69) is 12.1 Å². The lowest BCUT2D eigenvalue weighted by Crippen LogP contribution is -2.34. The Labute approximate surface area is 166 Å². The van der Waals surface area contributed by atoms with Crippen LogP contribution in [0.4, 0.5) is 0 Å². The first-order chi connectivity index (χ1) is 12.9. The van der Waals surface area contributed by atoms with Gasteiger partial charge in [0.05, 0.1) is 16.3 Å². The maximum atomic E-state index is 11.7. The summed E-state index contributed by atoms with van der Waals surface area (Å²) in [5.74, 6) is 0.814. The van der Waals surface area contributed by atoms with Crippen molar-refractivity contribution in [1.29, 1.82) is 0 Å². The van der Waals surface area contributed by atoms with E-state index in [1.54, 1.807) is 6.92 Å². The molecule has 1 amide bonds. The quantitative estimate of drug-likeness (QED) is 0.621. The topological polar surface area (TPSA) is 56.1 Å². The second kappa shape index (κ2) is 6.97. The number of fused-ring (bicyclic) bond motifs is 2. The van der Waals surface area contributed by atoms with Gasteiger partial charge in [0.25, 0.3) is 0 Å². The second-order valence-electron chi connectivity index (χ2n) is 7.37. The lowest BCUT2D eigenvalue weighted by molar-refractivity contribution is -0.129. The molecule has 2 aliphatic rings. The van der Waals surface area contributed by atoms with Crippen LogP contribution in [-0.2, 0) is 10.5 Å². The molecule has 1 aromatic carbocycles. The van der Waals surface area contributed by atoms with Crippen LogP contribution in [-0.4, -0.2) is 39.7 Å². The van der Waals surface area contributed by atoms with E-state index >= 15 is 0 Å². The molecule has 2 aliphatic heterocycles. The first-order valence-electron chi connectivity index (χ1n) is 9.09. The van der Waals surface area contributed by atoms with Crippen LogP contribution in [0.1, 0.15) is 36.6 Å². The third-order valence-electron chi connectivity index (χ3n) is 5.44. The summed E-state index contributed by atoms with van der Waals surface area (Å²) in [6.45, 7) is 3.11. The Morgan fingerprint density at radius 2 is 2.00 bits per heavy atom. The molecule has 2 aromatic rings. The number of piperidine rings is 1. The molecule has 4 rings (SSSR count). The molecule has 1 saturated heterocycles. The van der Waals surface area contributed by atoms with E-state index in [0.29, 0.717) is 10.8 Å². The summed E-state index contributed by atoms with van der Waals surface area (Å²) in [7, 11) is -1.78. The van der Waals surface area contributed by atoms with Crippen molar-refractivity contribution in [3.05, 3.63) is 63.9 Å². The van der Waals surface area contributed by atoms with Crippen LogP contribution in [0.15, 0.2) is 47.0 Å². The number of amides is 1. The van der Waals surface area contributed by atoms with Gasteiger partial charge >= 0.3 is 0 Å². The largest absolute Gasteiger partial charge is 0.391 e. The van der Waals surface area contributed by atoms with Crippen molar-refractivity contribution in [3.63, 3.8) is 0 Å². The van der Waals surface area contributed by atoms with Gasteiger partial charge in [0.2, 0.25) is 5.91 Å². The highest BCUT2D eigenvalue weighted by Crippen LogP contribution is 2.58. The van der Waals surface area contributed by atoms with Crippen molar-refractivity contribution >= 4 is 33.4 Å². The lowest BCUT2D eigenvalue weighted by Gasteiger charge is -2.30. The summed E-state index contributed by atoms with van der Waals surface area (Å²) in [5, 5.41) is 0.675. The van der Waals surface area contributed by atoms with Gasteiger partial charge in [-0.05, 0) is 46.9 Å². The molecule has 27 heavy (non-hydrogen) atoms. The molecule has 1 aromatic heterocycles. The average Bonchev–Trinajstić information content (AvgIpc) is 2.73. The average molecular weight is 404 g/mol. The molecule has 4 nitrogen and oxygen atoms in total. The van der Waals surface area contributed by atoms with E-state index in [1.165, 1.54) is 5.57 Å². The second-order valence-corrected chi connectivity index (χ2v) is 10.7. The van der Waals surface area contributed by atoms with Gasteiger partial charge in [0.1, 0.15) is 0 Å². The van der Waals surface area contributed by atoms with Crippen molar-refractivity contribution in [2.45, 2.75) is 30.4 Å². The molecule has 2 N–H and O–H groups in total. The van der Waals surface area contributed by atoms with E-state index < -0.39 is 10.3 Å². The molecule has 1 fully saturated rings. The fourth-order valence-corrected chi connectivity index (χ4v) is 6.36. The predicted molar refractivity (Wildman–Crippen MR) is 112 cm³/mol. The van der Waals surface area contributed by atoms with E-state index in [-0.39, 0.29) is 5.91 Å². The van der Waals surface area contributed by atoms with Gasteiger partial charge in [-0.2, -0.15) is 0 Å². The van der Waals surface area contributed by atoms with Gasteiger partial charge in [0, 0.05) is 48.6 Å². The highest BCUT2D eigenvalue weighted by Gasteiger charge is 2.35. The third kappa shape index (κ3) is 3.40. The molecule has 0 bridgehead atoms. The maximum Gasteiger partial charge on any atom is 0.219 e. The molecule has 0 aliphatic carbocycles. The number of halogens is 1. The molecule has 6 heteroatoms. The highest BCUT2D eigenvalue weighted by atomic mass is 35.5. The first-order valence-corrected chi connectivity index (χ1v) is 11.7. The van der Waals surface area contributed by atoms with Crippen LogP contribution < -0.4 is 0 Å². The van der Waals surface area contributed by atoms with Crippen LogP contribution in [0.25, 0.3) is 5.57 Å². The minimum absolute atomic E-state index is 0.133. The summed E-state index contributed by atoms with van der Waals surface area (Å²) >= 11 is 6.31. The molecular formula is C21H24ClN2O2S+. The van der Waals surface area contributed by atoms with Crippen LogP contribution in [0, 0.1) is 0 Å². The lowest BCUT2D eigenvalue weighted by atomic mass is 9.89. The Morgan fingerprint density at radius 3 is 2.70 bits per heavy atom. The van der Waals surface area contributed by atoms with Gasteiger partial charge in [-0.25, -0.2) is 0 Å². The van der Waals surface area contributed by atoms with E-state index in [4.69, 9.17) is 21.1 Å². The normalized spacial score (nSPS) is 24.5. The minimum atomic E-state index is -1.78. The van der Waals surface area contributed by atoms with Crippen LogP contribution in [0.5, 0.6) is 0 Å². The standard InChI is InChI=1S/C21H23ClN2O2S/c1-14(25)24-10-7-15(8-11-24)20-18-6-5-17(22)12-19(18)27(2,26)13-16-4-3-9-23-21(16)20/h3-6,9,12,26H,7-8,10-11,13H2,1-2H3/p+1. The number of hydrogen-bond acceptors (Lipinski definition) is 2. The Balaban J connectivity index is 1.93.